The number of nitrogens with two attached hydrogens (primary N) is 1. The highest BCUT2D eigenvalue weighted by molar-refractivity contribution is 7.88. The molecular weight excluding hydrogens is 389 g/mol. The van der Waals surface area contributed by atoms with Crippen LogP contribution < -0.4 is 5.73 Å². The van der Waals surface area contributed by atoms with Crippen LogP contribution in [0.4, 0.5) is 13.2 Å². The summed E-state index contributed by atoms with van der Waals surface area (Å²) in [6.45, 7) is 0.174. The van der Waals surface area contributed by atoms with Crippen molar-refractivity contribution in [1.82, 2.24) is 4.31 Å². The summed E-state index contributed by atoms with van der Waals surface area (Å²) >= 11 is 0. The van der Waals surface area contributed by atoms with E-state index in [-0.39, 0.29) is 37.6 Å². The maximum Gasteiger partial charge on any atom is 0.416 e. The molecule has 0 aliphatic rings. The lowest BCUT2D eigenvalue weighted by Crippen LogP contribution is -2.36. The van der Waals surface area contributed by atoms with Gasteiger partial charge in [0, 0.05) is 19.6 Å². The van der Waals surface area contributed by atoms with Crippen LogP contribution in [0.2, 0.25) is 0 Å². The van der Waals surface area contributed by atoms with E-state index in [9.17, 15) is 21.6 Å². The SMILES string of the molecule is Cl.NCCN(Cc1ccccc1)S(=O)(=O)Cc1ccccc1C(F)(F)F. The third kappa shape index (κ3) is 5.98. The third-order valence-corrected chi connectivity index (χ3v) is 5.41. The maximum atomic E-state index is 13.1. The summed E-state index contributed by atoms with van der Waals surface area (Å²) in [6, 6.07) is 13.5. The summed E-state index contributed by atoms with van der Waals surface area (Å²) < 4.78 is 65.7. The van der Waals surface area contributed by atoms with Crippen LogP contribution in [-0.2, 0) is 28.5 Å². The summed E-state index contributed by atoms with van der Waals surface area (Å²) in [5.41, 5.74) is 5.01. The fourth-order valence-corrected chi connectivity index (χ4v) is 4.01. The molecule has 2 rings (SSSR count). The molecule has 0 aliphatic carbocycles. The van der Waals surface area contributed by atoms with Gasteiger partial charge in [-0.25, -0.2) is 8.42 Å². The Hall–Kier alpha value is -1.61. The fourth-order valence-electron chi connectivity index (χ4n) is 2.46. The van der Waals surface area contributed by atoms with E-state index in [0.29, 0.717) is 0 Å². The normalized spacial score (nSPS) is 12.0. The van der Waals surface area contributed by atoms with Crippen molar-refractivity contribution < 1.29 is 21.6 Å². The number of hydrogen-bond acceptors (Lipinski definition) is 3. The van der Waals surface area contributed by atoms with Crippen LogP contribution in [0.15, 0.2) is 54.6 Å². The molecule has 4 nitrogen and oxygen atoms in total. The third-order valence-electron chi connectivity index (χ3n) is 3.63. The predicted molar refractivity (Wildman–Crippen MR) is 97.2 cm³/mol. The van der Waals surface area contributed by atoms with E-state index in [2.05, 4.69) is 0 Å². The predicted octanol–water partition coefficient (Wildman–Crippen LogP) is 3.42. The molecular formula is C17H20ClF3N2O2S. The number of sulfonamides is 1. The van der Waals surface area contributed by atoms with Gasteiger partial charge in [-0.15, -0.1) is 12.4 Å². The lowest BCUT2D eigenvalue weighted by Gasteiger charge is -2.22. The van der Waals surface area contributed by atoms with E-state index in [0.717, 1.165) is 15.9 Å². The van der Waals surface area contributed by atoms with Gasteiger partial charge in [0.15, 0.2) is 0 Å². The summed E-state index contributed by atoms with van der Waals surface area (Å²) in [5.74, 6) is -0.727. The van der Waals surface area contributed by atoms with E-state index < -0.39 is 27.5 Å². The number of nitrogens with zero attached hydrogens (tertiary/aromatic N) is 1. The van der Waals surface area contributed by atoms with E-state index in [4.69, 9.17) is 5.73 Å². The average molecular weight is 409 g/mol. The molecule has 0 bridgehead atoms. The van der Waals surface area contributed by atoms with Gasteiger partial charge in [0.05, 0.1) is 11.3 Å². The Kier molecular flexibility index (Phi) is 8.08. The number of alkyl halides is 3. The zero-order chi connectivity index (χ0) is 18.5. The minimum atomic E-state index is -4.61. The Morgan fingerprint density at radius 1 is 0.962 bits per heavy atom. The second kappa shape index (κ2) is 9.36. The minimum absolute atomic E-state index is 0. The molecule has 0 unspecified atom stereocenters. The first-order valence-corrected chi connectivity index (χ1v) is 9.22. The highest BCUT2D eigenvalue weighted by atomic mass is 35.5. The highest BCUT2D eigenvalue weighted by Crippen LogP contribution is 2.33. The summed E-state index contributed by atoms with van der Waals surface area (Å²) in [7, 11) is -3.97. The van der Waals surface area contributed by atoms with Crippen LogP contribution in [0.1, 0.15) is 16.7 Å². The Bertz CT molecular complexity index is 799. The van der Waals surface area contributed by atoms with E-state index in [1.807, 2.05) is 0 Å². The van der Waals surface area contributed by atoms with Crippen LogP contribution in [0.25, 0.3) is 0 Å². The zero-order valence-electron chi connectivity index (χ0n) is 13.8. The van der Waals surface area contributed by atoms with Gasteiger partial charge < -0.3 is 5.73 Å². The molecule has 0 spiro atoms. The summed E-state index contributed by atoms with van der Waals surface area (Å²) in [4.78, 5) is 0. The largest absolute Gasteiger partial charge is 0.416 e. The fraction of sp³-hybridized carbons (Fsp3) is 0.294. The second-order valence-corrected chi connectivity index (χ2v) is 7.49. The lowest BCUT2D eigenvalue weighted by molar-refractivity contribution is -0.138. The van der Waals surface area contributed by atoms with E-state index in [1.165, 1.54) is 18.2 Å². The van der Waals surface area contributed by atoms with Crippen molar-refractivity contribution in [2.24, 2.45) is 5.73 Å². The van der Waals surface area contributed by atoms with Crippen LogP contribution in [0.5, 0.6) is 0 Å². The lowest BCUT2D eigenvalue weighted by atomic mass is 10.1. The molecule has 0 atom stereocenters. The molecule has 0 saturated heterocycles. The van der Waals surface area contributed by atoms with Gasteiger partial charge >= 0.3 is 6.18 Å². The minimum Gasteiger partial charge on any atom is -0.329 e. The van der Waals surface area contributed by atoms with Gasteiger partial charge in [0.1, 0.15) is 0 Å². The zero-order valence-corrected chi connectivity index (χ0v) is 15.4. The topological polar surface area (TPSA) is 63.4 Å². The van der Waals surface area contributed by atoms with Crippen molar-refractivity contribution in [1.29, 1.82) is 0 Å². The molecule has 0 amide bonds. The van der Waals surface area contributed by atoms with Gasteiger partial charge in [-0.3, -0.25) is 0 Å². The molecule has 0 heterocycles. The standard InChI is InChI=1S/C17H19F3N2O2S.ClH/c18-17(19,20)16-9-5-4-8-15(16)13-25(23,24)22(11-10-21)12-14-6-2-1-3-7-14;/h1-9H,10-13,21H2;1H. The van der Waals surface area contributed by atoms with E-state index in [1.54, 1.807) is 30.3 Å². The van der Waals surface area contributed by atoms with Crippen molar-refractivity contribution in [2.45, 2.75) is 18.5 Å². The molecule has 144 valence electrons. The monoisotopic (exact) mass is 408 g/mol. The summed E-state index contributed by atoms with van der Waals surface area (Å²) in [5, 5.41) is 0. The quantitative estimate of drug-likeness (QED) is 0.763. The number of rotatable bonds is 7. The molecule has 2 N–H and O–H groups in total. The highest BCUT2D eigenvalue weighted by Gasteiger charge is 2.35. The van der Waals surface area contributed by atoms with Crippen LogP contribution in [-0.4, -0.2) is 25.8 Å². The number of halogens is 4. The average Bonchev–Trinajstić information content (AvgIpc) is 2.54. The maximum absolute atomic E-state index is 13.1. The molecule has 26 heavy (non-hydrogen) atoms. The van der Waals surface area contributed by atoms with Gasteiger partial charge in [-0.05, 0) is 17.2 Å². The first-order valence-electron chi connectivity index (χ1n) is 7.61. The first kappa shape index (κ1) is 22.4. The Balaban J connectivity index is 0.00000338. The number of benzene rings is 2. The smallest absolute Gasteiger partial charge is 0.329 e. The van der Waals surface area contributed by atoms with Gasteiger partial charge in [-0.2, -0.15) is 17.5 Å². The molecule has 2 aromatic rings. The molecule has 9 heteroatoms. The summed E-state index contributed by atoms with van der Waals surface area (Å²) in [6.07, 6.45) is -4.61. The Morgan fingerprint density at radius 2 is 1.54 bits per heavy atom. The molecule has 0 saturated carbocycles. The van der Waals surface area contributed by atoms with Crippen LogP contribution in [0.3, 0.4) is 0 Å². The molecule has 0 aliphatic heterocycles. The Morgan fingerprint density at radius 3 is 2.12 bits per heavy atom. The molecule has 0 aromatic heterocycles. The van der Waals surface area contributed by atoms with Gasteiger partial charge in [0.2, 0.25) is 10.0 Å². The van der Waals surface area contributed by atoms with Gasteiger partial charge in [0.25, 0.3) is 0 Å². The molecule has 0 fully saturated rings. The number of hydrogen-bond donors (Lipinski definition) is 1. The molecule has 0 radical (unpaired) electrons. The van der Waals surface area contributed by atoms with Crippen molar-refractivity contribution in [2.75, 3.05) is 13.1 Å². The van der Waals surface area contributed by atoms with Crippen LogP contribution in [0, 0.1) is 0 Å². The van der Waals surface area contributed by atoms with Gasteiger partial charge in [-0.1, -0.05) is 48.5 Å². The van der Waals surface area contributed by atoms with Crippen molar-refractivity contribution in [3.05, 3.63) is 71.3 Å². The van der Waals surface area contributed by atoms with Crippen LogP contribution >= 0.6 is 12.4 Å². The van der Waals surface area contributed by atoms with Crippen molar-refractivity contribution in [3.63, 3.8) is 0 Å². The first-order chi connectivity index (χ1) is 11.7. The second-order valence-electron chi connectivity index (χ2n) is 5.52. The molecule has 2 aromatic carbocycles. The van der Waals surface area contributed by atoms with Crippen molar-refractivity contribution >= 4 is 22.4 Å². The van der Waals surface area contributed by atoms with E-state index >= 15 is 0 Å². The Labute approximate surface area is 157 Å². The van der Waals surface area contributed by atoms with Crippen molar-refractivity contribution in [3.8, 4) is 0 Å².